The Labute approximate surface area is 139 Å². The van der Waals surface area contributed by atoms with Crippen LogP contribution in [0.15, 0.2) is 54.0 Å². The molecule has 1 amide bonds. The zero-order chi connectivity index (χ0) is 16.9. The average Bonchev–Trinajstić information content (AvgIpc) is 3.17. The summed E-state index contributed by atoms with van der Waals surface area (Å²) in [6, 6.07) is 9.27. The average molecular weight is 322 g/mol. The first-order chi connectivity index (χ1) is 11.6. The lowest BCUT2D eigenvalue weighted by molar-refractivity contribution is 0.0955. The van der Waals surface area contributed by atoms with Crippen molar-refractivity contribution in [2.45, 2.75) is 13.5 Å². The molecule has 0 fully saturated rings. The van der Waals surface area contributed by atoms with Crippen molar-refractivity contribution in [3.8, 4) is 0 Å². The Kier molecular flexibility index (Phi) is 4.51. The van der Waals surface area contributed by atoms with E-state index in [0.717, 1.165) is 16.8 Å². The summed E-state index contributed by atoms with van der Waals surface area (Å²) in [5.74, 6) is -0.255. The third kappa shape index (κ3) is 3.75. The summed E-state index contributed by atoms with van der Waals surface area (Å²) in [4.78, 5) is 12.2. The van der Waals surface area contributed by atoms with Crippen LogP contribution in [0.4, 0.5) is 0 Å². The fourth-order valence-electron chi connectivity index (χ4n) is 2.36. The van der Waals surface area contributed by atoms with Crippen molar-refractivity contribution in [1.82, 2.24) is 25.0 Å². The maximum Gasteiger partial charge on any atom is 0.271 e. The molecule has 2 heterocycles. The van der Waals surface area contributed by atoms with Crippen LogP contribution in [0.3, 0.4) is 0 Å². The summed E-state index contributed by atoms with van der Waals surface area (Å²) >= 11 is 0. The molecule has 0 spiro atoms. The van der Waals surface area contributed by atoms with E-state index >= 15 is 0 Å². The topological polar surface area (TPSA) is 77.1 Å². The van der Waals surface area contributed by atoms with Crippen molar-refractivity contribution in [2.24, 2.45) is 12.1 Å². The van der Waals surface area contributed by atoms with E-state index in [1.54, 1.807) is 27.8 Å². The molecule has 1 N–H and O–H groups in total. The maximum absolute atomic E-state index is 12.2. The first-order valence-electron chi connectivity index (χ1n) is 7.52. The zero-order valence-corrected chi connectivity index (χ0v) is 13.5. The van der Waals surface area contributed by atoms with Gasteiger partial charge in [0.05, 0.1) is 18.5 Å². The quantitative estimate of drug-likeness (QED) is 0.574. The van der Waals surface area contributed by atoms with Crippen molar-refractivity contribution >= 4 is 12.1 Å². The van der Waals surface area contributed by atoms with Crippen LogP contribution in [-0.2, 0) is 13.6 Å². The second-order valence-electron chi connectivity index (χ2n) is 5.45. The molecule has 122 valence electrons. The van der Waals surface area contributed by atoms with Crippen LogP contribution in [0.5, 0.6) is 0 Å². The maximum atomic E-state index is 12.2. The molecule has 0 bridgehead atoms. The summed E-state index contributed by atoms with van der Waals surface area (Å²) in [5.41, 5.74) is 5.82. The van der Waals surface area contributed by atoms with Gasteiger partial charge in [-0.15, -0.1) is 0 Å². The number of nitrogens with zero attached hydrogens (tertiary/aromatic N) is 5. The molecule has 0 unspecified atom stereocenters. The van der Waals surface area contributed by atoms with E-state index in [1.165, 1.54) is 0 Å². The highest BCUT2D eigenvalue weighted by atomic mass is 16.2. The van der Waals surface area contributed by atoms with Crippen molar-refractivity contribution in [3.63, 3.8) is 0 Å². The predicted octanol–water partition coefficient (Wildman–Crippen LogP) is 1.74. The fraction of sp³-hybridized carbons (Fsp3) is 0.176. The number of carbonyl (C=O) groups is 1. The number of hydrogen-bond donors (Lipinski definition) is 1. The lowest BCUT2D eigenvalue weighted by Gasteiger charge is -2.05. The number of rotatable bonds is 5. The van der Waals surface area contributed by atoms with Crippen LogP contribution in [0, 0.1) is 6.92 Å². The number of nitrogens with one attached hydrogen (secondary N) is 1. The Morgan fingerprint density at radius 1 is 1.38 bits per heavy atom. The van der Waals surface area contributed by atoms with E-state index in [4.69, 9.17) is 0 Å². The van der Waals surface area contributed by atoms with Crippen LogP contribution in [0.1, 0.15) is 27.2 Å². The first kappa shape index (κ1) is 15.7. The first-order valence-corrected chi connectivity index (χ1v) is 7.52. The van der Waals surface area contributed by atoms with E-state index < -0.39 is 0 Å². The highest BCUT2D eigenvalue weighted by Gasteiger charge is 2.06. The van der Waals surface area contributed by atoms with Gasteiger partial charge in [-0.2, -0.15) is 15.3 Å². The number of hydrazone groups is 1. The molecular weight excluding hydrogens is 304 g/mol. The molecule has 0 saturated heterocycles. The van der Waals surface area contributed by atoms with Gasteiger partial charge in [0.15, 0.2) is 0 Å². The number of hydrogen-bond acceptors (Lipinski definition) is 4. The second-order valence-corrected chi connectivity index (χ2v) is 5.45. The number of amides is 1. The smallest absolute Gasteiger partial charge is 0.271 e. The summed E-state index contributed by atoms with van der Waals surface area (Å²) in [6.07, 6.45) is 7.04. The van der Waals surface area contributed by atoms with Gasteiger partial charge in [-0.3, -0.25) is 14.2 Å². The highest BCUT2D eigenvalue weighted by molar-refractivity contribution is 5.95. The van der Waals surface area contributed by atoms with Gasteiger partial charge in [0, 0.05) is 36.8 Å². The van der Waals surface area contributed by atoms with Gasteiger partial charge in [0.1, 0.15) is 0 Å². The Balaban J connectivity index is 1.65. The minimum absolute atomic E-state index is 0.255. The van der Waals surface area contributed by atoms with Crippen molar-refractivity contribution in [2.75, 3.05) is 0 Å². The Morgan fingerprint density at radius 3 is 2.96 bits per heavy atom. The molecule has 7 heteroatoms. The lowest BCUT2D eigenvalue weighted by atomic mass is 10.1. The second kappa shape index (κ2) is 6.91. The molecule has 0 aliphatic rings. The third-order valence-electron chi connectivity index (χ3n) is 3.51. The molecule has 0 saturated carbocycles. The Morgan fingerprint density at radius 2 is 2.25 bits per heavy atom. The zero-order valence-electron chi connectivity index (χ0n) is 13.5. The Hall–Kier alpha value is -3.22. The van der Waals surface area contributed by atoms with Gasteiger partial charge in [0.2, 0.25) is 0 Å². The molecule has 24 heavy (non-hydrogen) atoms. The van der Waals surface area contributed by atoms with Crippen LogP contribution in [-0.4, -0.2) is 31.7 Å². The molecule has 0 atom stereocenters. The molecule has 0 radical (unpaired) electrons. The van der Waals surface area contributed by atoms with E-state index in [0.29, 0.717) is 12.1 Å². The van der Waals surface area contributed by atoms with Crippen LogP contribution < -0.4 is 5.43 Å². The molecule has 0 aliphatic carbocycles. The molecule has 1 aromatic carbocycles. The van der Waals surface area contributed by atoms with Crippen LogP contribution in [0.25, 0.3) is 0 Å². The number of aromatic nitrogens is 4. The van der Waals surface area contributed by atoms with Crippen LogP contribution in [0.2, 0.25) is 0 Å². The highest BCUT2D eigenvalue weighted by Crippen LogP contribution is 2.07. The van der Waals surface area contributed by atoms with Crippen molar-refractivity contribution in [1.29, 1.82) is 0 Å². The summed E-state index contributed by atoms with van der Waals surface area (Å²) < 4.78 is 3.51. The van der Waals surface area contributed by atoms with Gasteiger partial charge in [-0.05, 0) is 30.7 Å². The summed E-state index contributed by atoms with van der Waals surface area (Å²) in [6.45, 7) is 2.51. The van der Waals surface area contributed by atoms with Gasteiger partial charge in [-0.1, -0.05) is 12.1 Å². The van der Waals surface area contributed by atoms with E-state index in [9.17, 15) is 4.79 Å². The fourth-order valence-corrected chi connectivity index (χ4v) is 2.36. The van der Waals surface area contributed by atoms with E-state index in [2.05, 4.69) is 20.7 Å². The monoisotopic (exact) mass is 322 g/mol. The lowest BCUT2D eigenvalue weighted by Crippen LogP contribution is -2.18. The molecule has 0 aliphatic heterocycles. The van der Waals surface area contributed by atoms with Gasteiger partial charge in [0.25, 0.3) is 5.91 Å². The minimum Gasteiger partial charge on any atom is -0.275 e. The number of carbonyl (C=O) groups excluding carboxylic acids is 1. The Bertz CT molecular complexity index is 863. The molecule has 7 nitrogen and oxygen atoms in total. The van der Waals surface area contributed by atoms with Gasteiger partial charge in [-0.25, -0.2) is 5.43 Å². The predicted molar refractivity (Wildman–Crippen MR) is 90.8 cm³/mol. The standard InChI is InChI=1S/C17H18N6O/c1-13-16(12-22(2)21-13)10-18-20-17(24)15-6-3-5-14(9-15)11-23-8-4-7-19-23/h3-10,12H,11H2,1-2H3,(H,20,24). The third-order valence-corrected chi connectivity index (χ3v) is 3.51. The molecule has 3 rings (SSSR count). The van der Waals surface area contributed by atoms with E-state index in [1.807, 2.05) is 50.6 Å². The minimum atomic E-state index is -0.255. The molecule has 2 aromatic heterocycles. The normalized spacial score (nSPS) is 11.1. The SMILES string of the molecule is Cc1nn(C)cc1C=NNC(=O)c1cccc(Cn2cccn2)c1. The van der Waals surface area contributed by atoms with Crippen LogP contribution >= 0.6 is 0 Å². The molecule has 3 aromatic rings. The number of aryl methyl sites for hydroxylation is 2. The van der Waals surface area contributed by atoms with Gasteiger partial charge >= 0.3 is 0 Å². The number of benzene rings is 1. The van der Waals surface area contributed by atoms with Crippen molar-refractivity contribution < 1.29 is 4.79 Å². The molecular formula is C17H18N6O. The summed E-state index contributed by atoms with van der Waals surface area (Å²) in [7, 11) is 1.84. The van der Waals surface area contributed by atoms with E-state index in [-0.39, 0.29) is 5.91 Å². The van der Waals surface area contributed by atoms with Gasteiger partial charge < -0.3 is 0 Å². The summed E-state index contributed by atoms with van der Waals surface area (Å²) in [5, 5.41) is 12.4. The van der Waals surface area contributed by atoms with Crippen molar-refractivity contribution in [3.05, 3.63) is 71.3 Å². The largest absolute Gasteiger partial charge is 0.275 e.